The van der Waals surface area contributed by atoms with E-state index in [-0.39, 0.29) is 24.6 Å². The predicted molar refractivity (Wildman–Crippen MR) is 63.9 cm³/mol. The minimum atomic E-state index is -0.990. The second-order valence-electron chi connectivity index (χ2n) is 3.85. The number of halogens is 1. The summed E-state index contributed by atoms with van der Waals surface area (Å²) in [4.78, 5) is 23.8. The molecule has 1 atom stereocenters. The number of carboxylic acids is 1. The maximum Gasteiger partial charge on any atom is 0.308 e. The Hall–Kier alpha value is -1.56. The van der Waals surface area contributed by atoms with Gasteiger partial charge < -0.3 is 15.1 Å². The molecular weight excluding hydrogens is 290 g/mol. The lowest BCUT2D eigenvalue weighted by Gasteiger charge is -2.17. The van der Waals surface area contributed by atoms with Crippen LogP contribution in [0.1, 0.15) is 6.42 Å². The first-order valence-electron chi connectivity index (χ1n) is 5.01. The zero-order chi connectivity index (χ0) is 12.6. The van der Waals surface area contributed by atoms with E-state index in [4.69, 9.17) is 5.11 Å². The van der Waals surface area contributed by atoms with Crippen molar-refractivity contribution in [1.82, 2.24) is 0 Å². The Balaban J connectivity index is 2.32. The van der Waals surface area contributed by atoms with Gasteiger partial charge in [0, 0.05) is 13.0 Å². The van der Waals surface area contributed by atoms with E-state index in [1.165, 1.54) is 4.90 Å². The zero-order valence-corrected chi connectivity index (χ0v) is 10.3. The van der Waals surface area contributed by atoms with Gasteiger partial charge in [0.25, 0.3) is 0 Å². The number of rotatable bonds is 2. The molecule has 2 rings (SSSR count). The molecule has 0 aromatic heterocycles. The van der Waals surface area contributed by atoms with Gasteiger partial charge in [-0.3, -0.25) is 9.59 Å². The molecule has 1 amide bonds. The third kappa shape index (κ3) is 2.12. The van der Waals surface area contributed by atoms with Crippen LogP contribution in [0.25, 0.3) is 0 Å². The van der Waals surface area contributed by atoms with Crippen LogP contribution in [0, 0.1) is 5.92 Å². The second kappa shape index (κ2) is 4.37. The molecule has 0 bridgehead atoms. The molecular formula is C11H10BrNO4. The van der Waals surface area contributed by atoms with E-state index in [1.54, 1.807) is 18.2 Å². The number of carbonyl (C=O) groups excluding carboxylic acids is 1. The highest BCUT2D eigenvalue weighted by molar-refractivity contribution is 9.10. The van der Waals surface area contributed by atoms with Gasteiger partial charge in [0.2, 0.25) is 5.91 Å². The Morgan fingerprint density at radius 3 is 2.76 bits per heavy atom. The summed E-state index contributed by atoms with van der Waals surface area (Å²) in [5.74, 6) is -2.03. The summed E-state index contributed by atoms with van der Waals surface area (Å²) in [6.45, 7) is 0.0954. The van der Waals surface area contributed by atoms with Crippen molar-refractivity contribution in [2.24, 2.45) is 5.92 Å². The molecule has 0 radical (unpaired) electrons. The highest BCUT2D eigenvalue weighted by Crippen LogP contribution is 2.37. The fourth-order valence-corrected chi connectivity index (χ4v) is 2.18. The van der Waals surface area contributed by atoms with Gasteiger partial charge >= 0.3 is 5.97 Å². The number of anilines is 1. The van der Waals surface area contributed by atoms with Gasteiger partial charge in [-0.15, -0.1) is 0 Å². The van der Waals surface area contributed by atoms with Crippen molar-refractivity contribution in [2.75, 3.05) is 11.4 Å². The first-order valence-corrected chi connectivity index (χ1v) is 5.80. The van der Waals surface area contributed by atoms with Crippen molar-refractivity contribution in [2.45, 2.75) is 6.42 Å². The number of carboxylic acid groups (broad SMARTS) is 1. The van der Waals surface area contributed by atoms with E-state index in [9.17, 15) is 14.7 Å². The maximum atomic E-state index is 11.7. The van der Waals surface area contributed by atoms with Crippen molar-refractivity contribution in [3.63, 3.8) is 0 Å². The molecule has 0 aliphatic carbocycles. The van der Waals surface area contributed by atoms with Crippen LogP contribution in [0.5, 0.6) is 5.75 Å². The van der Waals surface area contributed by atoms with Crippen molar-refractivity contribution in [3.05, 3.63) is 22.7 Å². The van der Waals surface area contributed by atoms with E-state index < -0.39 is 11.9 Å². The van der Waals surface area contributed by atoms with Crippen LogP contribution in [0.2, 0.25) is 0 Å². The number of hydrogen-bond donors (Lipinski definition) is 2. The summed E-state index contributed by atoms with van der Waals surface area (Å²) in [6.07, 6.45) is -0.0265. The quantitative estimate of drug-likeness (QED) is 0.869. The van der Waals surface area contributed by atoms with E-state index in [0.717, 1.165) is 0 Å². The topological polar surface area (TPSA) is 77.8 Å². The van der Waals surface area contributed by atoms with E-state index in [1.807, 2.05) is 0 Å². The molecule has 1 unspecified atom stereocenters. The summed E-state index contributed by atoms with van der Waals surface area (Å²) < 4.78 is 0.474. The van der Waals surface area contributed by atoms with Gasteiger partial charge in [0.05, 0.1) is 16.1 Å². The molecule has 1 saturated heterocycles. The molecule has 1 heterocycles. The molecule has 6 heteroatoms. The van der Waals surface area contributed by atoms with Crippen molar-refractivity contribution in [3.8, 4) is 5.75 Å². The van der Waals surface area contributed by atoms with Gasteiger partial charge in [0.15, 0.2) is 5.75 Å². The molecule has 1 aromatic carbocycles. The van der Waals surface area contributed by atoms with E-state index >= 15 is 0 Å². The SMILES string of the molecule is O=C(O)C1CC(=O)N(c2cccc(Br)c2O)C1. The summed E-state index contributed by atoms with van der Waals surface area (Å²) in [7, 11) is 0. The monoisotopic (exact) mass is 299 g/mol. The zero-order valence-electron chi connectivity index (χ0n) is 8.76. The van der Waals surface area contributed by atoms with Crippen LogP contribution in [0.15, 0.2) is 22.7 Å². The third-order valence-corrected chi connectivity index (χ3v) is 3.37. The first-order chi connectivity index (χ1) is 8.00. The number of aromatic hydroxyl groups is 1. The van der Waals surface area contributed by atoms with Crippen molar-refractivity contribution < 1.29 is 19.8 Å². The van der Waals surface area contributed by atoms with Crippen molar-refractivity contribution in [1.29, 1.82) is 0 Å². The summed E-state index contributed by atoms with van der Waals surface area (Å²) in [6, 6.07) is 4.91. The molecule has 1 aromatic rings. The largest absolute Gasteiger partial charge is 0.505 e. The molecule has 1 fully saturated rings. The number of phenols is 1. The highest BCUT2D eigenvalue weighted by Gasteiger charge is 2.36. The molecule has 5 nitrogen and oxygen atoms in total. The molecule has 1 aliphatic rings. The second-order valence-corrected chi connectivity index (χ2v) is 4.71. The van der Waals surface area contributed by atoms with Crippen LogP contribution < -0.4 is 4.90 Å². The van der Waals surface area contributed by atoms with E-state index in [0.29, 0.717) is 10.2 Å². The van der Waals surface area contributed by atoms with Crippen LogP contribution in [-0.4, -0.2) is 28.6 Å². The lowest BCUT2D eigenvalue weighted by Crippen LogP contribution is -2.25. The van der Waals surface area contributed by atoms with Crippen molar-refractivity contribution >= 4 is 33.5 Å². The Morgan fingerprint density at radius 1 is 1.47 bits per heavy atom. The van der Waals surface area contributed by atoms with Crippen LogP contribution >= 0.6 is 15.9 Å². The van der Waals surface area contributed by atoms with Gasteiger partial charge in [0.1, 0.15) is 0 Å². The Kier molecular flexibility index (Phi) is 3.06. The lowest BCUT2D eigenvalue weighted by atomic mass is 10.1. The highest BCUT2D eigenvalue weighted by atomic mass is 79.9. The van der Waals surface area contributed by atoms with E-state index in [2.05, 4.69) is 15.9 Å². The number of amides is 1. The number of benzene rings is 1. The number of phenolic OH excluding ortho intramolecular Hbond substituents is 1. The molecule has 0 spiro atoms. The number of hydrogen-bond acceptors (Lipinski definition) is 3. The number of para-hydroxylation sites is 1. The standard InChI is InChI=1S/C11H10BrNO4/c12-7-2-1-3-8(10(7)15)13-5-6(11(16)17)4-9(13)14/h1-3,6,15H,4-5H2,(H,16,17). The van der Waals surface area contributed by atoms with Gasteiger partial charge in [-0.05, 0) is 28.1 Å². The van der Waals surface area contributed by atoms with Gasteiger partial charge in [-0.2, -0.15) is 0 Å². The minimum absolute atomic E-state index is 0.0265. The number of nitrogens with zero attached hydrogens (tertiary/aromatic N) is 1. The molecule has 2 N–H and O–H groups in total. The summed E-state index contributed by atoms with van der Waals surface area (Å²) in [5.41, 5.74) is 0.341. The normalized spacial score (nSPS) is 19.7. The number of carbonyl (C=O) groups is 2. The fraction of sp³-hybridized carbons (Fsp3) is 0.273. The van der Waals surface area contributed by atoms with Crippen LogP contribution in [0.3, 0.4) is 0 Å². The fourth-order valence-electron chi connectivity index (χ4n) is 1.83. The Labute approximate surface area is 106 Å². The Bertz CT molecular complexity index is 488. The number of aliphatic carboxylic acids is 1. The summed E-state index contributed by atoms with van der Waals surface area (Å²) >= 11 is 3.15. The van der Waals surface area contributed by atoms with Crippen LogP contribution in [-0.2, 0) is 9.59 Å². The molecule has 17 heavy (non-hydrogen) atoms. The molecule has 1 aliphatic heterocycles. The summed E-state index contributed by atoms with van der Waals surface area (Å²) in [5, 5.41) is 18.7. The maximum absolute atomic E-state index is 11.7. The van der Waals surface area contributed by atoms with Gasteiger partial charge in [-0.25, -0.2) is 0 Å². The van der Waals surface area contributed by atoms with Gasteiger partial charge in [-0.1, -0.05) is 6.07 Å². The smallest absolute Gasteiger partial charge is 0.308 e. The predicted octanol–water partition coefficient (Wildman–Crippen LogP) is 1.59. The molecule has 90 valence electrons. The third-order valence-electron chi connectivity index (χ3n) is 2.73. The Morgan fingerprint density at radius 2 is 2.18 bits per heavy atom. The first kappa shape index (κ1) is 11.9. The lowest BCUT2D eigenvalue weighted by molar-refractivity contribution is -0.141. The molecule has 0 saturated carbocycles. The average Bonchev–Trinajstić information content (AvgIpc) is 2.65. The van der Waals surface area contributed by atoms with Crippen LogP contribution in [0.4, 0.5) is 5.69 Å². The average molecular weight is 300 g/mol. The minimum Gasteiger partial charge on any atom is -0.505 e.